The van der Waals surface area contributed by atoms with Gasteiger partial charge in [0.2, 0.25) is 11.8 Å². The molecule has 0 unspecified atom stereocenters. The van der Waals surface area contributed by atoms with Crippen molar-refractivity contribution >= 4 is 29.4 Å². The number of hydrazine groups is 2. The summed E-state index contributed by atoms with van der Waals surface area (Å²) in [5, 5.41) is 11.4. The van der Waals surface area contributed by atoms with Gasteiger partial charge in [0.25, 0.3) is 0 Å². The fourth-order valence-electron chi connectivity index (χ4n) is 1.29. The van der Waals surface area contributed by atoms with Gasteiger partial charge in [0.15, 0.2) is 0 Å². The highest BCUT2D eigenvalue weighted by Gasteiger charge is 2.17. The van der Waals surface area contributed by atoms with Crippen molar-refractivity contribution < 1.29 is 13.9 Å². The number of rotatable bonds is 6. The second-order valence-corrected chi connectivity index (χ2v) is 4.16. The number of hydrogen-bond acceptors (Lipinski definition) is 7. The minimum absolute atomic E-state index is 0.0444. The standard InChI is InChI=1S/C11H17ClN6O3/c1-15-17-18(2)11(19)16-10-7(8(12)6-21-10)5-20-9(14)3-4-13/h3-4,6,14-15,17H,5,13H2,1-2H3,(H,16,19)/b4-3-,14-9?. The molecule has 9 nitrogen and oxygen atoms in total. The highest BCUT2D eigenvalue weighted by Crippen LogP contribution is 2.27. The van der Waals surface area contributed by atoms with E-state index in [0.717, 1.165) is 0 Å². The first-order valence-electron chi connectivity index (χ1n) is 5.82. The van der Waals surface area contributed by atoms with Crippen LogP contribution >= 0.6 is 11.6 Å². The van der Waals surface area contributed by atoms with Crippen LogP contribution in [0, 0.1) is 5.41 Å². The highest BCUT2D eigenvalue weighted by atomic mass is 35.5. The lowest BCUT2D eigenvalue weighted by Gasteiger charge is -2.17. The number of halogens is 1. The van der Waals surface area contributed by atoms with Crippen molar-refractivity contribution in [1.82, 2.24) is 16.0 Å². The maximum Gasteiger partial charge on any atom is 0.339 e. The van der Waals surface area contributed by atoms with Gasteiger partial charge >= 0.3 is 6.03 Å². The third kappa shape index (κ3) is 4.99. The largest absolute Gasteiger partial charge is 0.473 e. The van der Waals surface area contributed by atoms with Crippen LogP contribution in [-0.2, 0) is 11.3 Å². The molecule has 0 bridgehead atoms. The molecule has 1 aromatic rings. The molecule has 0 aliphatic carbocycles. The van der Waals surface area contributed by atoms with Crippen LogP contribution in [0.3, 0.4) is 0 Å². The molecule has 116 valence electrons. The molecule has 0 aliphatic heterocycles. The Balaban J connectivity index is 2.72. The Labute approximate surface area is 126 Å². The molecule has 1 rings (SSSR count). The topological polar surface area (TPSA) is 129 Å². The molecule has 0 aromatic carbocycles. The second kappa shape index (κ2) is 8.15. The van der Waals surface area contributed by atoms with E-state index in [1.54, 1.807) is 7.05 Å². The van der Waals surface area contributed by atoms with E-state index in [1.165, 1.54) is 30.6 Å². The van der Waals surface area contributed by atoms with Gasteiger partial charge in [-0.05, 0) is 6.20 Å². The summed E-state index contributed by atoms with van der Waals surface area (Å²) in [6.07, 6.45) is 3.72. The molecule has 0 saturated heterocycles. The number of furan rings is 1. The summed E-state index contributed by atoms with van der Waals surface area (Å²) in [6.45, 7) is -0.0444. The normalized spacial score (nSPS) is 10.6. The average molecular weight is 317 g/mol. The molecule has 0 fully saturated rings. The van der Waals surface area contributed by atoms with Crippen molar-refractivity contribution in [1.29, 1.82) is 5.41 Å². The Morgan fingerprint density at radius 3 is 3.00 bits per heavy atom. The van der Waals surface area contributed by atoms with Crippen molar-refractivity contribution in [2.75, 3.05) is 19.4 Å². The summed E-state index contributed by atoms with van der Waals surface area (Å²) >= 11 is 5.95. The van der Waals surface area contributed by atoms with Crippen LogP contribution in [0.1, 0.15) is 5.56 Å². The summed E-state index contributed by atoms with van der Waals surface area (Å²) < 4.78 is 10.3. The van der Waals surface area contributed by atoms with E-state index in [2.05, 4.69) is 16.3 Å². The van der Waals surface area contributed by atoms with E-state index in [-0.39, 0.29) is 23.4 Å². The van der Waals surface area contributed by atoms with Gasteiger partial charge < -0.3 is 14.9 Å². The molecule has 1 heterocycles. The maximum atomic E-state index is 11.8. The van der Waals surface area contributed by atoms with Gasteiger partial charge in [-0.1, -0.05) is 11.6 Å². The predicted octanol–water partition coefficient (Wildman–Crippen LogP) is 1.00. The van der Waals surface area contributed by atoms with E-state index in [9.17, 15) is 4.79 Å². The smallest absolute Gasteiger partial charge is 0.339 e. The SMILES string of the molecule is CNNN(C)C(=O)Nc1occ(Cl)c1COC(=N)/C=C\N. The molecule has 1 aromatic heterocycles. The first-order valence-corrected chi connectivity index (χ1v) is 6.20. The van der Waals surface area contributed by atoms with Crippen LogP contribution < -0.4 is 22.0 Å². The van der Waals surface area contributed by atoms with Crippen molar-refractivity contribution in [3.63, 3.8) is 0 Å². The van der Waals surface area contributed by atoms with Crippen LogP contribution in [0.15, 0.2) is 23.0 Å². The second-order valence-electron chi connectivity index (χ2n) is 3.75. The number of carbonyl (C=O) groups excluding carboxylic acids is 1. The van der Waals surface area contributed by atoms with Crippen LogP contribution in [0.5, 0.6) is 0 Å². The minimum atomic E-state index is -0.478. The fourth-order valence-corrected chi connectivity index (χ4v) is 1.47. The van der Waals surface area contributed by atoms with Crippen molar-refractivity contribution in [3.8, 4) is 0 Å². The zero-order valence-electron chi connectivity index (χ0n) is 11.6. The first-order chi connectivity index (χ1) is 9.99. The maximum absolute atomic E-state index is 11.8. The Morgan fingerprint density at radius 1 is 1.67 bits per heavy atom. The summed E-state index contributed by atoms with van der Waals surface area (Å²) in [6, 6.07) is -0.478. The lowest BCUT2D eigenvalue weighted by molar-refractivity contribution is 0.189. The van der Waals surface area contributed by atoms with Gasteiger partial charge in [0, 0.05) is 20.2 Å². The van der Waals surface area contributed by atoms with Gasteiger partial charge in [-0.2, -0.15) is 5.53 Å². The zero-order chi connectivity index (χ0) is 15.8. The van der Waals surface area contributed by atoms with Crippen molar-refractivity contribution in [2.45, 2.75) is 6.61 Å². The first kappa shape index (κ1) is 16.8. The third-order valence-corrected chi connectivity index (χ3v) is 2.58. The van der Waals surface area contributed by atoms with Gasteiger partial charge in [0.05, 0.1) is 10.6 Å². The molecule has 0 aliphatic rings. The summed E-state index contributed by atoms with van der Waals surface area (Å²) in [4.78, 5) is 11.8. The number of ether oxygens (including phenoxy) is 1. The number of amides is 2. The molecular formula is C11H17ClN6O3. The number of nitrogens with zero attached hydrogens (tertiary/aromatic N) is 1. The van der Waals surface area contributed by atoms with Crippen molar-refractivity contribution in [3.05, 3.63) is 29.1 Å². The fraction of sp³-hybridized carbons (Fsp3) is 0.273. The molecule has 21 heavy (non-hydrogen) atoms. The molecule has 0 saturated carbocycles. The van der Waals surface area contributed by atoms with Gasteiger partial charge in [-0.3, -0.25) is 10.7 Å². The highest BCUT2D eigenvalue weighted by molar-refractivity contribution is 6.31. The van der Waals surface area contributed by atoms with Crippen LogP contribution in [0.2, 0.25) is 5.02 Å². The molecule has 0 atom stereocenters. The Bertz CT molecular complexity index is 530. The molecule has 0 radical (unpaired) electrons. The van der Waals surface area contributed by atoms with E-state index >= 15 is 0 Å². The summed E-state index contributed by atoms with van der Waals surface area (Å²) in [7, 11) is 3.12. The molecular weight excluding hydrogens is 300 g/mol. The van der Waals surface area contributed by atoms with Gasteiger partial charge in [-0.15, -0.1) is 0 Å². The zero-order valence-corrected chi connectivity index (χ0v) is 12.3. The molecule has 10 heteroatoms. The van der Waals surface area contributed by atoms with E-state index in [0.29, 0.717) is 5.56 Å². The Kier molecular flexibility index (Phi) is 6.53. The Hall–Kier alpha value is -2.23. The third-order valence-electron chi connectivity index (χ3n) is 2.27. The van der Waals surface area contributed by atoms with Crippen LogP contribution in [0.4, 0.5) is 10.7 Å². The Morgan fingerprint density at radius 2 is 2.38 bits per heavy atom. The number of anilines is 1. The van der Waals surface area contributed by atoms with Crippen LogP contribution in [-0.4, -0.2) is 31.0 Å². The quantitative estimate of drug-likeness (QED) is 0.302. The van der Waals surface area contributed by atoms with E-state index in [1.807, 2.05) is 0 Å². The van der Waals surface area contributed by atoms with Crippen molar-refractivity contribution in [2.24, 2.45) is 5.73 Å². The lowest BCUT2D eigenvalue weighted by atomic mass is 10.3. The summed E-state index contributed by atoms with van der Waals surface area (Å²) in [5.41, 5.74) is 10.7. The number of hydrogen-bond donors (Lipinski definition) is 5. The van der Waals surface area contributed by atoms with E-state index in [4.69, 9.17) is 31.9 Å². The minimum Gasteiger partial charge on any atom is -0.473 e. The lowest BCUT2D eigenvalue weighted by Crippen LogP contribution is -2.47. The molecule has 6 N–H and O–H groups in total. The predicted molar refractivity (Wildman–Crippen MR) is 78.5 cm³/mol. The molecule has 0 spiro atoms. The van der Waals surface area contributed by atoms with Crippen LogP contribution in [0.25, 0.3) is 0 Å². The average Bonchev–Trinajstić information content (AvgIpc) is 2.77. The monoisotopic (exact) mass is 316 g/mol. The van der Waals surface area contributed by atoms with Gasteiger partial charge in [0.1, 0.15) is 12.9 Å². The number of nitrogens with one attached hydrogen (secondary N) is 4. The molecule has 2 amide bonds. The number of urea groups is 1. The number of nitrogens with two attached hydrogens (primary N) is 1. The van der Waals surface area contributed by atoms with Gasteiger partial charge in [-0.25, -0.2) is 15.2 Å². The summed E-state index contributed by atoms with van der Waals surface area (Å²) in [5.74, 6) is 0.000270. The number of carbonyl (C=O) groups is 1. The van der Waals surface area contributed by atoms with E-state index < -0.39 is 6.03 Å².